The van der Waals surface area contributed by atoms with E-state index < -0.39 is 64.6 Å². The standard InChI is InChI=1S/C15H27N3O14P2/c16-2-4-27-5-6-28-7-8-29-33(23,24)32-34(25,26)30-9-10-12(20)13(21)14(31-10)18-3-1-11(19)17-15(18)22/h1,3,10,12-14,20-21H,2,4-9,16H2,(H,23,24)(H,25,26)(H,17,19,22)/p-2. The molecule has 0 amide bonds. The van der Waals surface area contributed by atoms with Crippen molar-refractivity contribution in [3.63, 3.8) is 0 Å². The number of nitrogens with one attached hydrogen (secondary N) is 1. The number of hydrogen-bond acceptors (Lipinski definition) is 15. The normalized spacial score (nSPS) is 26.3. The molecule has 1 aromatic heterocycles. The lowest BCUT2D eigenvalue weighted by Crippen LogP contribution is -2.37. The molecule has 17 nitrogen and oxygen atoms in total. The first-order valence-electron chi connectivity index (χ1n) is 9.77. The summed E-state index contributed by atoms with van der Waals surface area (Å²) in [5, 5.41) is 20.1. The highest BCUT2D eigenvalue weighted by atomic mass is 31.3. The third kappa shape index (κ3) is 9.05. The van der Waals surface area contributed by atoms with E-state index in [1.165, 1.54) is 0 Å². The molecule has 6 atom stereocenters. The Morgan fingerprint density at radius 3 is 2.29 bits per heavy atom. The van der Waals surface area contributed by atoms with Gasteiger partial charge in [-0.25, -0.2) is 9.11 Å². The predicted molar refractivity (Wildman–Crippen MR) is 106 cm³/mol. The Morgan fingerprint density at radius 2 is 1.65 bits per heavy atom. The minimum atomic E-state index is -5.51. The van der Waals surface area contributed by atoms with Crippen LogP contribution in [0.25, 0.3) is 0 Å². The van der Waals surface area contributed by atoms with E-state index in [0.717, 1.165) is 16.8 Å². The number of H-pyrrole nitrogens is 1. The van der Waals surface area contributed by atoms with Crippen molar-refractivity contribution in [2.45, 2.75) is 24.5 Å². The van der Waals surface area contributed by atoms with Crippen LogP contribution in [0.2, 0.25) is 0 Å². The molecule has 0 saturated carbocycles. The van der Waals surface area contributed by atoms with Crippen LogP contribution < -0.4 is 26.8 Å². The fraction of sp³-hybridized carbons (Fsp3) is 0.733. The van der Waals surface area contributed by atoms with Gasteiger partial charge in [-0.15, -0.1) is 0 Å². The van der Waals surface area contributed by atoms with Crippen LogP contribution in [0.3, 0.4) is 0 Å². The number of nitrogens with zero attached hydrogens (tertiary/aromatic N) is 1. The first kappa shape index (κ1) is 28.9. The Kier molecular flexibility index (Phi) is 11.2. The highest BCUT2D eigenvalue weighted by Crippen LogP contribution is 2.55. The average Bonchev–Trinajstić information content (AvgIpc) is 3.02. The van der Waals surface area contributed by atoms with E-state index in [1.807, 2.05) is 4.98 Å². The fourth-order valence-electron chi connectivity index (χ4n) is 2.67. The van der Waals surface area contributed by atoms with Gasteiger partial charge in [-0.2, -0.15) is 0 Å². The van der Waals surface area contributed by atoms with Gasteiger partial charge >= 0.3 is 5.69 Å². The average molecular weight is 533 g/mol. The van der Waals surface area contributed by atoms with Gasteiger partial charge in [0.25, 0.3) is 21.2 Å². The summed E-state index contributed by atoms with van der Waals surface area (Å²) >= 11 is 0. The van der Waals surface area contributed by atoms with Crippen molar-refractivity contribution in [3.8, 4) is 0 Å². The Hall–Kier alpha value is -1.30. The van der Waals surface area contributed by atoms with Crippen LogP contribution in [0, 0.1) is 0 Å². The van der Waals surface area contributed by atoms with E-state index >= 15 is 0 Å². The quantitative estimate of drug-likeness (QED) is 0.124. The zero-order valence-corrected chi connectivity index (χ0v) is 19.4. The summed E-state index contributed by atoms with van der Waals surface area (Å²) < 4.78 is 52.2. The molecule has 2 rings (SSSR count). The second kappa shape index (κ2) is 13.1. The highest BCUT2D eigenvalue weighted by molar-refractivity contribution is 7.59. The van der Waals surface area contributed by atoms with Crippen molar-refractivity contribution < 1.29 is 56.7 Å². The number of aliphatic hydroxyl groups is 2. The smallest absolute Gasteiger partial charge is 0.330 e. The molecule has 19 heteroatoms. The molecule has 1 aliphatic heterocycles. The number of nitrogens with two attached hydrogens (primary N) is 1. The summed E-state index contributed by atoms with van der Waals surface area (Å²) in [5.41, 5.74) is 3.55. The van der Waals surface area contributed by atoms with Gasteiger partial charge in [-0.3, -0.25) is 23.5 Å². The molecular formula is C15H25N3O14P2-2. The second-order valence-corrected chi connectivity index (χ2v) is 9.64. The van der Waals surface area contributed by atoms with Gasteiger partial charge in [0, 0.05) is 18.8 Å². The van der Waals surface area contributed by atoms with Gasteiger partial charge < -0.3 is 49.0 Å². The van der Waals surface area contributed by atoms with E-state index in [9.17, 15) is 38.7 Å². The van der Waals surface area contributed by atoms with Crippen LogP contribution in [0.1, 0.15) is 6.23 Å². The summed E-state index contributed by atoms with van der Waals surface area (Å²) in [5.74, 6) is 0. The minimum Gasteiger partial charge on any atom is -0.756 e. The molecule has 5 N–H and O–H groups in total. The van der Waals surface area contributed by atoms with Crippen LogP contribution in [0.15, 0.2) is 21.9 Å². The molecule has 1 aliphatic rings. The first-order chi connectivity index (χ1) is 16.0. The lowest BCUT2D eigenvalue weighted by atomic mass is 10.1. The first-order valence-corrected chi connectivity index (χ1v) is 12.7. The summed E-state index contributed by atoms with van der Waals surface area (Å²) in [6.45, 7) is -0.734. The Labute approximate surface area is 192 Å². The Morgan fingerprint density at radius 1 is 1.03 bits per heavy atom. The van der Waals surface area contributed by atoms with Gasteiger partial charge in [0.15, 0.2) is 6.23 Å². The highest BCUT2D eigenvalue weighted by Gasteiger charge is 2.44. The molecule has 0 radical (unpaired) electrons. The van der Waals surface area contributed by atoms with Crippen LogP contribution in [0.4, 0.5) is 0 Å². The van der Waals surface area contributed by atoms with Gasteiger partial charge in [-0.1, -0.05) is 0 Å². The third-order valence-electron chi connectivity index (χ3n) is 4.17. The molecule has 1 fully saturated rings. The number of phosphoric acid groups is 2. The SMILES string of the molecule is NCCOCCOCCOP(=O)([O-])OP(=O)([O-])OCC1OC(n2ccc(=O)[nH]c2=O)C(O)C1O. The van der Waals surface area contributed by atoms with Crippen molar-refractivity contribution in [1.82, 2.24) is 9.55 Å². The summed E-state index contributed by atoms with van der Waals surface area (Å²) in [4.78, 5) is 48.4. The van der Waals surface area contributed by atoms with Gasteiger partial charge in [0.2, 0.25) is 0 Å². The van der Waals surface area contributed by atoms with E-state index in [-0.39, 0.29) is 19.8 Å². The van der Waals surface area contributed by atoms with Crippen molar-refractivity contribution in [3.05, 3.63) is 33.1 Å². The Bertz CT molecular complexity index is 986. The molecule has 1 aromatic rings. The maximum Gasteiger partial charge on any atom is 0.330 e. The molecule has 0 aliphatic carbocycles. The molecule has 0 aromatic carbocycles. The number of rotatable bonds is 15. The fourth-order valence-corrected chi connectivity index (χ4v) is 4.66. The maximum absolute atomic E-state index is 11.8. The van der Waals surface area contributed by atoms with Crippen molar-refractivity contribution in [1.29, 1.82) is 0 Å². The van der Waals surface area contributed by atoms with Gasteiger partial charge in [0.1, 0.15) is 18.3 Å². The zero-order valence-electron chi connectivity index (χ0n) is 17.6. The topological polar surface area (TPSA) is 257 Å². The van der Waals surface area contributed by atoms with Crippen molar-refractivity contribution >= 4 is 15.6 Å². The predicted octanol–water partition coefficient (Wildman–Crippen LogP) is -3.87. The van der Waals surface area contributed by atoms with Crippen molar-refractivity contribution in [2.75, 3.05) is 46.2 Å². The number of phosphoric ester groups is 2. The number of aliphatic hydroxyl groups excluding tert-OH is 2. The molecule has 196 valence electrons. The second-order valence-electron chi connectivity index (χ2n) is 6.68. The van der Waals surface area contributed by atoms with E-state index in [0.29, 0.717) is 13.2 Å². The van der Waals surface area contributed by atoms with Crippen LogP contribution >= 0.6 is 15.6 Å². The summed E-state index contributed by atoms with van der Waals surface area (Å²) in [7, 11) is -10.9. The Balaban J connectivity index is 1.81. The monoisotopic (exact) mass is 533 g/mol. The van der Waals surface area contributed by atoms with Gasteiger partial charge in [0.05, 0.1) is 39.6 Å². The van der Waals surface area contributed by atoms with Crippen LogP contribution in [-0.2, 0) is 36.7 Å². The summed E-state index contributed by atoms with van der Waals surface area (Å²) in [6.07, 6.45) is -5.45. The lowest BCUT2D eigenvalue weighted by Gasteiger charge is -2.31. The largest absolute Gasteiger partial charge is 0.756 e. The number of aromatic nitrogens is 2. The molecule has 6 unspecified atom stereocenters. The molecule has 1 saturated heterocycles. The number of ether oxygens (including phenoxy) is 3. The van der Waals surface area contributed by atoms with Crippen LogP contribution in [-0.4, -0.2) is 84.3 Å². The van der Waals surface area contributed by atoms with Crippen LogP contribution in [0.5, 0.6) is 0 Å². The third-order valence-corrected chi connectivity index (χ3v) is 6.73. The van der Waals surface area contributed by atoms with Crippen molar-refractivity contribution in [2.24, 2.45) is 5.73 Å². The number of hydrogen-bond donors (Lipinski definition) is 4. The lowest BCUT2D eigenvalue weighted by molar-refractivity contribution is -0.245. The summed E-state index contributed by atoms with van der Waals surface area (Å²) in [6, 6.07) is 0.958. The van der Waals surface area contributed by atoms with E-state index in [4.69, 9.17) is 19.9 Å². The molecular weight excluding hydrogens is 508 g/mol. The van der Waals surface area contributed by atoms with Gasteiger partial charge in [-0.05, 0) is 0 Å². The maximum atomic E-state index is 11.8. The van der Waals surface area contributed by atoms with E-state index in [1.54, 1.807) is 0 Å². The van der Waals surface area contributed by atoms with E-state index in [2.05, 4.69) is 13.4 Å². The molecule has 34 heavy (non-hydrogen) atoms. The minimum absolute atomic E-state index is 0.123. The molecule has 2 heterocycles. The zero-order chi connectivity index (χ0) is 25.4. The number of aromatic amines is 1. The molecule has 0 spiro atoms. The molecule has 0 bridgehead atoms.